The van der Waals surface area contributed by atoms with Crippen molar-refractivity contribution in [2.24, 2.45) is 7.05 Å². The van der Waals surface area contributed by atoms with Crippen LogP contribution in [0.15, 0.2) is 30.6 Å². The van der Waals surface area contributed by atoms with Crippen LogP contribution < -0.4 is 10.4 Å². The Morgan fingerprint density at radius 2 is 2.10 bits per heavy atom. The third kappa shape index (κ3) is 1.97. The van der Waals surface area contributed by atoms with Gasteiger partial charge < -0.3 is 0 Å². The van der Waals surface area contributed by atoms with E-state index in [1.54, 1.807) is 4.68 Å². The van der Waals surface area contributed by atoms with Crippen LogP contribution in [0.2, 0.25) is 0 Å². The summed E-state index contributed by atoms with van der Waals surface area (Å²) in [5.74, 6) is 0.685. The highest BCUT2D eigenvalue weighted by Crippen LogP contribution is 2.27. The molecule has 3 heterocycles. The van der Waals surface area contributed by atoms with E-state index >= 15 is 0 Å². The van der Waals surface area contributed by atoms with Gasteiger partial charge in [0.1, 0.15) is 6.33 Å². The second kappa shape index (κ2) is 4.69. The lowest BCUT2D eigenvalue weighted by Crippen LogP contribution is -2.35. The average Bonchev–Trinajstić information content (AvgIpc) is 2.90. The number of hydrogen-bond donors (Lipinski definition) is 1. The van der Waals surface area contributed by atoms with Gasteiger partial charge in [0, 0.05) is 13.6 Å². The molecule has 3 aromatic rings. The van der Waals surface area contributed by atoms with Gasteiger partial charge in [-0.05, 0) is 24.5 Å². The SMILES string of the molecule is Cn1nnc2c(NN3CCCc4ccccc43)ncnc21. The second-order valence-corrected chi connectivity index (χ2v) is 5.10. The molecule has 106 valence electrons. The number of para-hydroxylation sites is 1. The number of hydrazine groups is 1. The van der Waals surface area contributed by atoms with Crippen molar-refractivity contribution in [2.75, 3.05) is 17.0 Å². The number of nitrogens with zero attached hydrogens (tertiary/aromatic N) is 6. The number of rotatable bonds is 2. The number of fused-ring (bicyclic) bond motifs is 2. The van der Waals surface area contributed by atoms with Crippen LogP contribution in [0.5, 0.6) is 0 Å². The lowest BCUT2D eigenvalue weighted by atomic mass is 10.0. The minimum absolute atomic E-state index is 0.683. The molecule has 0 saturated heterocycles. The molecule has 0 unspecified atom stereocenters. The zero-order valence-corrected chi connectivity index (χ0v) is 11.7. The molecule has 1 aromatic carbocycles. The van der Waals surface area contributed by atoms with Crippen molar-refractivity contribution in [3.63, 3.8) is 0 Å². The fourth-order valence-corrected chi connectivity index (χ4v) is 2.71. The van der Waals surface area contributed by atoms with Gasteiger partial charge in [-0.1, -0.05) is 23.4 Å². The van der Waals surface area contributed by atoms with E-state index in [1.807, 2.05) is 7.05 Å². The summed E-state index contributed by atoms with van der Waals surface area (Å²) in [5.41, 5.74) is 7.31. The quantitative estimate of drug-likeness (QED) is 0.768. The Labute approximate surface area is 121 Å². The van der Waals surface area contributed by atoms with Crippen molar-refractivity contribution in [1.82, 2.24) is 25.0 Å². The van der Waals surface area contributed by atoms with Crippen LogP contribution in [0.3, 0.4) is 0 Å². The van der Waals surface area contributed by atoms with Gasteiger partial charge >= 0.3 is 0 Å². The zero-order chi connectivity index (χ0) is 14.2. The molecule has 7 nitrogen and oxygen atoms in total. The Hall–Kier alpha value is -2.70. The first-order valence-electron chi connectivity index (χ1n) is 6.95. The maximum absolute atomic E-state index is 4.31. The van der Waals surface area contributed by atoms with Crippen LogP contribution in [-0.2, 0) is 13.5 Å². The summed E-state index contributed by atoms with van der Waals surface area (Å²) in [5, 5.41) is 10.3. The van der Waals surface area contributed by atoms with E-state index in [0.717, 1.165) is 25.0 Å². The largest absolute Gasteiger partial charge is 0.286 e. The van der Waals surface area contributed by atoms with E-state index in [-0.39, 0.29) is 0 Å². The normalized spacial score (nSPS) is 14.2. The third-order valence-corrected chi connectivity index (χ3v) is 3.74. The Morgan fingerprint density at radius 3 is 3.05 bits per heavy atom. The average molecular weight is 281 g/mol. The number of anilines is 2. The molecular weight excluding hydrogens is 266 g/mol. The number of aryl methyl sites for hydroxylation is 2. The summed E-state index contributed by atoms with van der Waals surface area (Å²) in [6.07, 6.45) is 3.75. The maximum atomic E-state index is 4.31. The molecule has 0 aliphatic carbocycles. The number of nitrogens with one attached hydrogen (secondary N) is 1. The van der Waals surface area contributed by atoms with Crippen molar-refractivity contribution in [3.8, 4) is 0 Å². The van der Waals surface area contributed by atoms with E-state index in [9.17, 15) is 0 Å². The highest BCUT2D eigenvalue weighted by molar-refractivity contribution is 5.82. The van der Waals surface area contributed by atoms with Crippen molar-refractivity contribution in [3.05, 3.63) is 36.2 Å². The molecule has 0 radical (unpaired) electrons. The lowest BCUT2D eigenvalue weighted by Gasteiger charge is -2.31. The molecule has 0 bridgehead atoms. The molecular formula is C14H15N7. The summed E-state index contributed by atoms with van der Waals surface area (Å²) < 4.78 is 1.65. The molecule has 0 saturated carbocycles. The van der Waals surface area contributed by atoms with Gasteiger partial charge in [0.15, 0.2) is 17.0 Å². The van der Waals surface area contributed by atoms with Gasteiger partial charge in [-0.15, -0.1) is 5.10 Å². The van der Waals surface area contributed by atoms with E-state index in [4.69, 9.17) is 0 Å². The molecule has 0 fully saturated rings. The molecule has 1 N–H and O–H groups in total. The standard InChI is InChI=1S/C14H15N7/c1-20-14-12(17-19-20)13(15-9-16-14)18-21-8-4-6-10-5-2-3-7-11(10)21/h2-3,5,7,9H,4,6,8H2,1H3,(H,15,16,18). The first kappa shape index (κ1) is 12.1. The Bertz CT molecular complexity index is 795. The molecule has 1 aliphatic rings. The molecule has 4 rings (SSSR count). The zero-order valence-electron chi connectivity index (χ0n) is 11.7. The minimum atomic E-state index is 0.683. The van der Waals surface area contributed by atoms with Gasteiger partial charge in [-0.3, -0.25) is 10.4 Å². The second-order valence-electron chi connectivity index (χ2n) is 5.10. The van der Waals surface area contributed by atoms with Gasteiger partial charge in [0.25, 0.3) is 0 Å². The van der Waals surface area contributed by atoms with Crippen molar-refractivity contribution >= 4 is 22.7 Å². The minimum Gasteiger partial charge on any atom is -0.286 e. The number of benzene rings is 1. The summed E-state index contributed by atoms with van der Waals surface area (Å²) in [4.78, 5) is 8.51. The van der Waals surface area contributed by atoms with Crippen LogP contribution in [0.4, 0.5) is 11.5 Å². The van der Waals surface area contributed by atoms with Crippen LogP contribution in [0.1, 0.15) is 12.0 Å². The van der Waals surface area contributed by atoms with Crippen LogP contribution in [0, 0.1) is 0 Å². The van der Waals surface area contributed by atoms with Crippen molar-refractivity contribution in [2.45, 2.75) is 12.8 Å². The molecule has 1 aliphatic heterocycles. The van der Waals surface area contributed by atoms with Gasteiger partial charge in [0.05, 0.1) is 5.69 Å². The predicted octanol–water partition coefficient (Wildman–Crippen LogP) is 1.54. The fraction of sp³-hybridized carbons (Fsp3) is 0.286. The maximum Gasteiger partial charge on any atom is 0.183 e. The monoisotopic (exact) mass is 281 g/mol. The highest BCUT2D eigenvalue weighted by Gasteiger charge is 2.18. The van der Waals surface area contributed by atoms with E-state index in [1.165, 1.54) is 17.6 Å². The lowest BCUT2D eigenvalue weighted by molar-refractivity contribution is 0.729. The van der Waals surface area contributed by atoms with Crippen LogP contribution >= 0.6 is 0 Å². The molecule has 0 spiro atoms. The molecule has 7 heteroatoms. The molecule has 0 amide bonds. The third-order valence-electron chi connectivity index (χ3n) is 3.74. The van der Waals surface area contributed by atoms with E-state index in [0.29, 0.717) is 11.3 Å². The smallest absolute Gasteiger partial charge is 0.183 e. The highest BCUT2D eigenvalue weighted by atomic mass is 15.5. The fourth-order valence-electron chi connectivity index (χ4n) is 2.71. The first-order valence-corrected chi connectivity index (χ1v) is 6.95. The van der Waals surface area contributed by atoms with Crippen molar-refractivity contribution in [1.29, 1.82) is 0 Å². The van der Waals surface area contributed by atoms with Gasteiger partial charge in [-0.2, -0.15) is 0 Å². The summed E-state index contributed by atoms with van der Waals surface area (Å²) >= 11 is 0. The number of aromatic nitrogens is 5. The Morgan fingerprint density at radius 1 is 1.19 bits per heavy atom. The predicted molar refractivity (Wildman–Crippen MR) is 79.8 cm³/mol. The van der Waals surface area contributed by atoms with Crippen molar-refractivity contribution < 1.29 is 0 Å². The molecule has 2 aromatic heterocycles. The van der Waals surface area contributed by atoms with Crippen LogP contribution in [-0.4, -0.2) is 31.5 Å². The molecule has 0 atom stereocenters. The first-order chi connectivity index (χ1) is 10.3. The van der Waals surface area contributed by atoms with Crippen LogP contribution in [0.25, 0.3) is 11.2 Å². The summed E-state index contributed by atoms with van der Waals surface area (Å²) in [6.45, 7) is 0.933. The Balaban J connectivity index is 1.73. The van der Waals surface area contributed by atoms with Gasteiger partial charge in [0.2, 0.25) is 0 Å². The van der Waals surface area contributed by atoms with E-state index in [2.05, 4.69) is 55.0 Å². The summed E-state index contributed by atoms with van der Waals surface area (Å²) in [6, 6.07) is 8.42. The van der Waals surface area contributed by atoms with E-state index < -0.39 is 0 Å². The number of hydrogen-bond acceptors (Lipinski definition) is 6. The van der Waals surface area contributed by atoms with Gasteiger partial charge in [-0.25, -0.2) is 14.6 Å². The Kier molecular flexibility index (Phi) is 2.70. The summed E-state index contributed by atoms with van der Waals surface area (Å²) in [7, 11) is 1.82. The molecule has 21 heavy (non-hydrogen) atoms. The topological polar surface area (TPSA) is 71.8 Å².